The summed E-state index contributed by atoms with van der Waals surface area (Å²) in [6.45, 7) is 6.53. The molecule has 2 rings (SSSR count). The number of hydrogen-bond donors (Lipinski definition) is 0. The lowest BCUT2D eigenvalue weighted by molar-refractivity contribution is 0.311. The number of hydrogen-bond acceptors (Lipinski definition) is 1. The molecule has 0 unspecified atom stereocenters. The van der Waals surface area contributed by atoms with E-state index in [1.165, 1.54) is 5.56 Å². The van der Waals surface area contributed by atoms with E-state index in [0.29, 0.717) is 5.92 Å². The third-order valence-corrected chi connectivity index (χ3v) is 3.42. The summed E-state index contributed by atoms with van der Waals surface area (Å²) in [5.41, 5.74) is 0.977. The van der Waals surface area contributed by atoms with Crippen molar-refractivity contribution in [2.75, 3.05) is 0 Å². The molecule has 98 valence electrons. The first kappa shape index (κ1) is 13.6. The Kier molecular flexibility index (Phi) is 3.62. The quantitative estimate of drug-likeness (QED) is 0.690. The maximum absolute atomic E-state index is 9.51. The average molecular weight is 251 g/mol. The molecule has 0 aromatic heterocycles. The number of nitriles is 1. The molecular formula is C18H21N. The standard InChI is InChI=1S/C18H21N/c1-17(2,3)13-18(14-19)11-9-16(10-12-18)15-7-5-4-6-8-15/h4-12,16H,13H2,1-3H3. The topological polar surface area (TPSA) is 23.8 Å². The van der Waals surface area contributed by atoms with Crippen molar-refractivity contribution in [2.24, 2.45) is 10.8 Å². The van der Waals surface area contributed by atoms with Crippen LogP contribution in [0.15, 0.2) is 54.6 Å². The van der Waals surface area contributed by atoms with Gasteiger partial charge in [0.1, 0.15) is 0 Å². The Morgan fingerprint density at radius 2 is 1.68 bits per heavy atom. The average Bonchev–Trinajstić information content (AvgIpc) is 2.39. The summed E-state index contributed by atoms with van der Waals surface area (Å²) in [5.74, 6) is 0.294. The van der Waals surface area contributed by atoms with Crippen LogP contribution in [-0.4, -0.2) is 0 Å². The molecule has 19 heavy (non-hydrogen) atoms. The van der Waals surface area contributed by atoms with E-state index in [9.17, 15) is 5.26 Å². The van der Waals surface area contributed by atoms with Gasteiger partial charge in [-0.3, -0.25) is 0 Å². The van der Waals surface area contributed by atoms with Crippen molar-refractivity contribution in [1.29, 1.82) is 5.26 Å². The molecule has 0 spiro atoms. The lowest BCUT2D eigenvalue weighted by atomic mass is 9.71. The van der Waals surface area contributed by atoms with E-state index in [2.05, 4.69) is 75.4 Å². The molecule has 1 aliphatic carbocycles. The summed E-state index contributed by atoms with van der Waals surface area (Å²) in [7, 11) is 0. The Morgan fingerprint density at radius 3 is 2.16 bits per heavy atom. The van der Waals surface area contributed by atoms with Gasteiger partial charge in [0, 0.05) is 5.92 Å². The lowest BCUT2D eigenvalue weighted by Crippen LogP contribution is -2.23. The predicted molar refractivity (Wildman–Crippen MR) is 79.6 cm³/mol. The number of allylic oxidation sites excluding steroid dienone is 4. The predicted octanol–water partition coefficient (Wildman–Crippen LogP) is 4.84. The lowest BCUT2D eigenvalue weighted by Gasteiger charge is -2.31. The fourth-order valence-corrected chi connectivity index (χ4v) is 2.68. The molecule has 0 saturated heterocycles. The second kappa shape index (κ2) is 5.05. The molecule has 1 aromatic carbocycles. The molecule has 0 saturated carbocycles. The normalized spacial score (nSPS) is 26.1. The van der Waals surface area contributed by atoms with Gasteiger partial charge in [0.15, 0.2) is 0 Å². The summed E-state index contributed by atoms with van der Waals surface area (Å²) < 4.78 is 0. The highest BCUT2D eigenvalue weighted by molar-refractivity contribution is 5.37. The third-order valence-electron chi connectivity index (χ3n) is 3.42. The van der Waals surface area contributed by atoms with Gasteiger partial charge in [-0.05, 0) is 17.4 Å². The summed E-state index contributed by atoms with van der Waals surface area (Å²) in [4.78, 5) is 0. The largest absolute Gasteiger partial charge is 0.197 e. The van der Waals surface area contributed by atoms with Gasteiger partial charge in [0.05, 0.1) is 11.5 Å². The van der Waals surface area contributed by atoms with Crippen molar-refractivity contribution in [3.63, 3.8) is 0 Å². The Balaban J connectivity index is 2.20. The monoisotopic (exact) mass is 251 g/mol. The van der Waals surface area contributed by atoms with E-state index in [1.807, 2.05) is 6.07 Å². The first-order valence-corrected chi connectivity index (χ1v) is 6.79. The van der Waals surface area contributed by atoms with E-state index >= 15 is 0 Å². The summed E-state index contributed by atoms with van der Waals surface area (Å²) in [6, 6.07) is 12.9. The Hall–Kier alpha value is -1.81. The van der Waals surface area contributed by atoms with Gasteiger partial charge < -0.3 is 0 Å². The molecule has 0 aliphatic heterocycles. The highest BCUT2D eigenvalue weighted by atomic mass is 14.4. The zero-order valence-electron chi connectivity index (χ0n) is 11.9. The Bertz CT molecular complexity index is 509. The van der Waals surface area contributed by atoms with Gasteiger partial charge >= 0.3 is 0 Å². The van der Waals surface area contributed by atoms with Crippen LogP contribution in [0.3, 0.4) is 0 Å². The van der Waals surface area contributed by atoms with Crippen LogP contribution in [0.2, 0.25) is 0 Å². The van der Waals surface area contributed by atoms with Crippen LogP contribution in [0.5, 0.6) is 0 Å². The highest BCUT2D eigenvalue weighted by Crippen LogP contribution is 2.40. The molecule has 0 atom stereocenters. The molecule has 0 radical (unpaired) electrons. The maximum Gasteiger partial charge on any atom is 0.0939 e. The third kappa shape index (κ3) is 3.35. The molecule has 1 aliphatic rings. The number of rotatable bonds is 2. The zero-order valence-corrected chi connectivity index (χ0v) is 11.9. The molecule has 0 heterocycles. The molecule has 0 amide bonds. The van der Waals surface area contributed by atoms with Crippen LogP contribution < -0.4 is 0 Å². The fraction of sp³-hybridized carbons (Fsp3) is 0.389. The van der Waals surface area contributed by atoms with Crippen molar-refractivity contribution in [3.05, 3.63) is 60.2 Å². The Labute approximate surface area is 116 Å². The van der Waals surface area contributed by atoms with Crippen molar-refractivity contribution >= 4 is 0 Å². The molecule has 0 bridgehead atoms. The van der Waals surface area contributed by atoms with Crippen molar-refractivity contribution in [2.45, 2.75) is 33.1 Å². The smallest absolute Gasteiger partial charge is 0.0939 e. The van der Waals surface area contributed by atoms with Crippen molar-refractivity contribution in [1.82, 2.24) is 0 Å². The maximum atomic E-state index is 9.51. The molecule has 1 nitrogen and oxygen atoms in total. The van der Waals surface area contributed by atoms with Crippen molar-refractivity contribution < 1.29 is 0 Å². The van der Waals surface area contributed by atoms with Gasteiger partial charge in [-0.25, -0.2) is 0 Å². The van der Waals surface area contributed by atoms with Crippen LogP contribution in [-0.2, 0) is 0 Å². The van der Waals surface area contributed by atoms with E-state index in [1.54, 1.807) is 0 Å². The van der Waals surface area contributed by atoms with Crippen LogP contribution in [0.25, 0.3) is 0 Å². The molecule has 0 N–H and O–H groups in total. The van der Waals surface area contributed by atoms with Crippen LogP contribution in [0.1, 0.15) is 38.7 Å². The van der Waals surface area contributed by atoms with Gasteiger partial charge in [-0.1, -0.05) is 75.4 Å². The van der Waals surface area contributed by atoms with Crippen LogP contribution in [0.4, 0.5) is 0 Å². The minimum atomic E-state index is -0.441. The van der Waals surface area contributed by atoms with Crippen LogP contribution >= 0.6 is 0 Å². The SMILES string of the molecule is CC(C)(C)CC1(C#N)C=CC(c2ccccc2)C=C1. The zero-order chi connectivity index (χ0) is 13.9. The van der Waals surface area contributed by atoms with Gasteiger partial charge in [0.2, 0.25) is 0 Å². The first-order chi connectivity index (χ1) is 8.94. The minimum Gasteiger partial charge on any atom is -0.197 e. The van der Waals surface area contributed by atoms with E-state index in [-0.39, 0.29) is 5.41 Å². The van der Waals surface area contributed by atoms with E-state index in [0.717, 1.165) is 6.42 Å². The van der Waals surface area contributed by atoms with Gasteiger partial charge in [-0.2, -0.15) is 5.26 Å². The van der Waals surface area contributed by atoms with E-state index in [4.69, 9.17) is 0 Å². The minimum absolute atomic E-state index is 0.143. The summed E-state index contributed by atoms with van der Waals surface area (Å²) in [6.07, 6.45) is 9.32. The van der Waals surface area contributed by atoms with Crippen molar-refractivity contribution in [3.8, 4) is 6.07 Å². The number of benzene rings is 1. The second-order valence-corrected chi connectivity index (χ2v) is 6.54. The van der Waals surface area contributed by atoms with Gasteiger partial charge in [-0.15, -0.1) is 0 Å². The number of nitrogens with zero attached hydrogens (tertiary/aromatic N) is 1. The highest BCUT2D eigenvalue weighted by Gasteiger charge is 2.32. The Morgan fingerprint density at radius 1 is 1.11 bits per heavy atom. The fourth-order valence-electron chi connectivity index (χ4n) is 2.68. The molecule has 0 fully saturated rings. The molecule has 1 aromatic rings. The van der Waals surface area contributed by atoms with E-state index < -0.39 is 5.41 Å². The summed E-state index contributed by atoms with van der Waals surface area (Å²) in [5, 5.41) is 9.51. The first-order valence-electron chi connectivity index (χ1n) is 6.79. The molecule has 1 heteroatoms. The van der Waals surface area contributed by atoms with Crippen LogP contribution in [0, 0.1) is 22.2 Å². The van der Waals surface area contributed by atoms with Gasteiger partial charge in [0.25, 0.3) is 0 Å². The second-order valence-electron chi connectivity index (χ2n) is 6.54. The summed E-state index contributed by atoms with van der Waals surface area (Å²) >= 11 is 0. The molecular weight excluding hydrogens is 230 g/mol.